The van der Waals surface area contributed by atoms with E-state index in [1.54, 1.807) is 53.4 Å². The first-order valence-electron chi connectivity index (χ1n) is 14.4. The van der Waals surface area contributed by atoms with Crippen LogP contribution in [0.2, 0.25) is 0 Å². The molecule has 0 aliphatic carbocycles. The van der Waals surface area contributed by atoms with Crippen molar-refractivity contribution in [3.63, 3.8) is 0 Å². The highest BCUT2D eigenvalue weighted by molar-refractivity contribution is 5.94. The average molecular weight is 585 g/mol. The number of ether oxygens (including phenoxy) is 1. The van der Waals surface area contributed by atoms with Crippen molar-refractivity contribution in [2.45, 2.75) is 50.6 Å². The lowest BCUT2D eigenvalue weighted by molar-refractivity contribution is -0.137. The monoisotopic (exact) mass is 584 g/mol. The Bertz CT molecular complexity index is 1390. The second kappa shape index (κ2) is 14.6. The van der Waals surface area contributed by atoms with Gasteiger partial charge in [0.1, 0.15) is 30.0 Å². The fourth-order valence-corrected chi connectivity index (χ4v) is 4.98. The molecule has 0 fully saturated rings. The maximum absolute atomic E-state index is 14.1. The number of carbonyl (C=O) groups is 3. The number of fused-ring (bicyclic) bond motifs is 10. The van der Waals surface area contributed by atoms with Gasteiger partial charge in [0, 0.05) is 6.20 Å². The van der Waals surface area contributed by atoms with Crippen LogP contribution in [0.15, 0.2) is 91.1 Å². The molecule has 9 nitrogen and oxygen atoms in total. The molecule has 2 heterocycles. The summed E-state index contributed by atoms with van der Waals surface area (Å²) in [7, 11) is 3.62. The van der Waals surface area contributed by atoms with Crippen LogP contribution in [0.4, 0.5) is 0 Å². The van der Waals surface area contributed by atoms with Crippen molar-refractivity contribution in [3.8, 4) is 5.75 Å². The van der Waals surface area contributed by atoms with E-state index in [9.17, 15) is 19.5 Å². The van der Waals surface area contributed by atoms with Gasteiger partial charge in [-0.25, -0.2) is 0 Å². The normalized spacial score (nSPS) is 21.2. The minimum Gasteiger partial charge on any atom is -0.487 e. The Labute approximate surface area is 252 Å². The average Bonchev–Trinajstić information content (AvgIpc) is 3.00. The third kappa shape index (κ3) is 8.30. The zero-order chi connectivity index (χ0) is 30.9. The number of amides is 3. The van der Waals surface area contributed by atoms with Crippen molar-refractivity contribution in [1.29, 1.82) is 0 Å². The van der Waals surface area contributed by atoms with E-state index in [1.807, 2.05) is 70.4 Å². The molecule has 0 unspecified atom stereocenters. The molecule has 5 rings (SSSR count). The van der Waals surface area contributed by atoms with Crippen LogP contribution in [0.3, 0.4) is 0 Å². The summed E-state index contributed by atoms with van der Waals surface area (Å²) >= 11 is 0. The first-order chi connectivity index (χ1) is 20.6. The molecule has 0 radical (unpaired) electrons. The van der Waals surface area contributed by atoms with Crippen molar-refractivity contribution < 1.29 is 24.2 Å². The van der Waals surface area contributed by atoms with Crippen LogP contribution in [0.25, 0.3) is 6.08 Å². The van der Waals surface area contributed by atoms with Crippen molar-refractivity contribution in [2.24, 2.45) is 5.92 Å². The van der Waals surface area contributed by atoms with Gasteiger partial charge in [0.25, 0.3) is 0 Å². The molecule has 3 aromatic carbocycles. The van der Waals surface area contributed by atoms with Crippen LogP contribution in [-0.4, -0.2) is 66.1 Å². The molecule has 3 aromatic rings. The smallest absolute Gasteiger partial charge is 0.249 e. The zero-order valence-electron chi connectivity index (χ0n) is 24.9. The highest BCUT2D eigenvalue weighted by atomic mass is 16.5. The number of nitrogens with zero attached hydrogens (tertiary/aromatic N) is 1. The first-order valence-corrected chi connectivity index (χ1v) is 14.4. The van der Waals surface area contributed by atoms with E-state index in [0.29, 0.717) is 17.7 Å². The van der Waals surface area contributed by atoms with Gasteiger partial charge in [-0.05, 0) is 61.3 Å². The van der Waals surface area contributed by atoms with Crippen molar-refractivity contribution in [3.05, 3.63) is 108 Å². The molecule has 2 bridgehead atoms. The Balaban J connectivity index is 1.72. The highest BCUT2D eigenvalue weighted by Gasteiger charge is 2.39. The largest absolute Gasteiger partial charge is 0.487 e. The van der Waals surface area contributed by atoms with Crippen LogP contribution in [0.5, 0.6) is 5.75 Å². The van der Waals surface area contributed by atoms with E-state index in [1.165, 1.54) is 6.20 Å². The Kier molecular flexibility index (Phi) is 10.7. The lowest BCUT2D eigenvalue weighted by atomic mass is 9.95. The molecule has 0 saturated carbocycles. The summed E-state index contributed by atoms with van der Waals surface area (Å²) in [5.41, 5.74) is 2.24. The third-order valence-corrected chi connectivity index (χ3v) is 7.45. The summed E-state index contributed by atoms with van der Waals surface area (Å²) in [4.78, 5) is 43.1. The van der Waals surface area contributed by atoms with Gasteiger partial charge in [-0.2, -0.15) is 0 Å². The first kappa shape index (κ1) is 31.5. The molecular formula is C34H40N4O5. The zero-order valence-corrected chi connectivity index (χ0v) is 24.9. The topological polar surface area (TPSA) is 120 Å². The van der Waals surface area contributed by atoms with E-state index in [-0.39, 0.29) is 11.8 Å². The number of carbonyl (C=O) groups excluding carboxylic acids is 3. The van der Waals surface area contributed by atoms with Gasteiger partial charge < -0.3 is 25.8 Å². The second-order valence-electron chi connectivity index (χ2n) is 11.2. The lowest BCUT2D eigenvalue weighted by Gasteiger charge is -2.34. The molecule has 5 atom stereocenters. The van der Waals surface area contributed by atoms with Gasteiger partial charge >= 0.3 is 0 Å². The van der Waals surface area contributed by atoms with Crippen LogP contribution >= 0.6 is 0 Å². The molecule has 43 heavy (non-hydrogen) atoms. The SMILES string of the molecule is CC(C)[C@H]1Oc2ccc(cc2)/C=C\NC(=O)[C@H]([C@@H](O)c2ccccc2)NC(=O)[C@H]1NC(=O)[C@H](Cc1ccccc1)N(C)C. The summed E-state index contributed by atoms with van der Waals surface area (Å²) in [6.45, 7) is 3.79. The van der Waals surface area contributed by atoms with E-state index in [4.69, 9.17) is 4.74 Å². The number of benzene rings is 3. The third-order valence-electron chi connectivity index (χ3n) is 7.45. The molecule has 0 saturated heterocycles. The number of aliphatic hydroxyl groups is 1. The van der Waals surface area contributed by atoms with Crippen LogP contribution in [0, 0.1) is 5.92 Å². The van der Waals surface area contributed by atoms with E-state index < -0.39 is 42.1 Å². The van der Waals surface area contributed by atoms with Crippen LogP contribution in [0.1, 0.15) is 36.6 Å². The van der Waals surface area contributed by atoms with E-state index >= 15 is 0 Å². The van der Waals surface area contributed by atoms with Crippen LogP contribution in [-0.2, 0) is 20.8 Å². The van der Waals surface area contributed by atoms with Crippen molar-refractivity contribution in [2.75, 3.05) is 14.1 Å². The number of rotatable bonds is 8. The second-order valence-corrected chi connectivity index (χ2v) is 11.2. The molecule has 2 aliphatic heterocycles. The Morgan fingerprint density at radius 3 is 2.16 bits per heavy atom. The van der Waals surface area contributed by atoms with E-state index in [2.05, 4.69) is 16.0 Å². The molecule has 0 aromatic heterocycles. The standard InChI is InChI=1S/C34H40N4O5/c1-22(2)31-29(37-32(40)27(38(3)4)21-24-11-7-5-8-12-24)34(42)36-28(30(39)25-13-9-6-10-14-25)33(41)35-20-19-23-15-17-26(43-31)18-16-23/h5-20,22,27-31,39H,21H2,1-4H3,(H,35,41)(H,36,42)(H,37,40)/b20-19-/t27-,28-,29-,30-,31+/m0/s1. The van der Waals surface area contributed by atoms with Crippen LogP contribution < -0.4 is 20.7 Å². The van der Waals surface area contributed by atoms with Gasteiger partial charge in [-0.1, -0.05) is 86.6 Å². The molecule has 226 valence electrons. The number of likely N-dealkylation sites (N-methyl/N-ethyl adjacent to an activating group) is 1. The van der Waals surface area contributed by atoms with Gasteiger partial charge in [0.2, 0.25) is 17.7 Å². The van der Waals surface area contributed by atoms with Gasteiger partial charge in [-0.15, -0.1) is 0 Å². The van der Waals surface area contributed by atoms with Crippen molar-refractivity contribution >= 4 is 23.8 Å². The van der Waals surface area contributed by atoms with E-state index in [0.717, 1.165) is 11.1 Å². The summed E-state index contributed by atoms with van der Waals surface area (Å²) in [5, 5.41) is 19.6. The number of hydrogen-bond donors (Lipinski definition) is 4. The molecule has 4 N–H and O–H groups in total. The molecule has 0 spiro atoms. The molecule has 9 heteroatoms. The maximum Gasteiger partial charge on any atom is 0.249 e. The fraction of sp³-hybridized carbons (Fsp3) is 0.324. The Hall–Kier alpha value is -4.47. The Morgan fingerprint density at radius 2 is 1.56 bits per heavy atom. The minimum absolute atomic E-state index is 0.221. The predicted octanol–water partition coefficient (Wildman–Crippen LogP) is 3.07. The Morgan fingerprint density at radius 1 is 0.930 bits per heavy atom. The summed E-state index contributed by atoms with van der Waals surface area (Å²) in [6.07, 6.45) is 1.44. The highest BCUT2D eigenvalue weighted by Crippen LogP contribution is 2.22. The fourth-order valence-electron chi connectivity index (χ4n) is 4.98. The molecule has 2 aliphatic rings. The number of aliphatic hydroxyl groups excluding tert-OH is 1. The summed E-state index contributed by atoms with van der Waals surface area (Å²) < 4.78 is 6.35. The number of nitrogens with one attached hydrogen (secondary N) is 3. The van der Waals surface area contributed by atoms with Gasteiger partial charge in [0.15, 0.2) is 0 Å². The van der Waals surface area contributed by atoms with Gasteiger partial charge in [0.05, 0.1) is 6.04 Å². The number of hydrogen-bond acceptors (Lipinski definition) is 6. The minimum atomic E-state index is -1.36. The molecule has 3 amide bonds. The quantitative estimate of drug-likeness (QED) is 0.323. The summed E-state index contributed by atoms with van der Waals surface area (Å²) in [5.74, 6) is -1.33. The summed E-state index contributed by atoms with van der Waals surface area (Å²) in [6, 6.07) is 22.3. The van der Waals surface area contributed by atoms with Gasteiger partial charge in [-0.3, -0.25) is 19.3 Å². The molecular weight excluding hydrogens is 544 g/mol. The maximum atomic E-state index is 14.1. The lowest BCUT2D eigenvalue weighted by Crippen LogP contribution is -2.62. The van der Waals surface area contributed by atoms with Crippen molar-refractivity contribution in [1.82, 2.24) is 20.9 Å². The predicted molar refractivity (Wildman–Crippen MR) is 166 cm³/mol.